The second kappa shape index (κ2) is 2.44. The van der Waals surface area contributed by atoms with Crippen molar-refractivity contribution in [2.45, 2.75) is 31.5 Å². The Labute approximate surface area is 70.7 Å². The number of hydrogen-bond acceptors (Lipinski definition) is 3. The largest absolute Gasteiger partial charge is 0.481 e. The fraction of sp³-hybridized carbons (Fsp3) is 0.875. The van der Waals surface area contributed by atoms with Gasteiger partial charge in [0, 0.05) is 6.54 Å². The molecule has 4 heteroatoms. The van der Waals surface area contributed by atoms with Gasteiger partial charge in [-0.3, -0.25) is 4.79 Å². The first kappa shape index (κ1) is 8.01. The topological polar surface area (TPSA) is 72.6 Å². The monoisotopic (exact) mass is 171 g/mol. The summed E-state index contributed by atoms with van der Waals surface area (Å²) >= 11 is 0. The number of carboxylic acids is 1. The summed E-state index contributed by atoms with van der Waals surface area (Å²) < 4.78 is 5.48. The predicted octanol–water partition coefficient (Wildman–Crippen LogP) is -0.0326. The van der Waals surface area contributed by atoms with E-state index in [0.717, 1.165) is 12.8 Å². The Hall–Kier alpha value is -0.610. The van der Waals surface area contributed by atoms with Crippen molar-refractivity contribution in [2.24, 2.45) is 11.1 Å². The highest BCUT2D eigenvalue weighted by Gasteiger charge is 2.56. The minimum absolute atomic E-state index is 0.134. The Kier molecular flexibility index (Phi) is 1.63. The Balaban J connectivity index is 2.25. The molecule has 0 aromatic heterocycles. The molecule has 3 atom stereocenters. The quantitative estimate of drug-likeness (QED) is 0.611. The Morgan fingerprint density at radius 1 is 1.67 bits per heavy atom. The van der Waals surface area contributed by atoms with Gasteiger partial charge < -0.3 is 15.6 Å². The number of aliphatic carboxylic acids is 1. The van der Waals surface area contributed by atoms with Crippen molar-refractivity contribution in [3.8, 4) is 0 Å². The standard InChI is InChI=1S/C8H13NO3/c9-4-8(7(10)11)3-5-1-2-6(8)12-5/h5-6H,1-4,9H2,(H,10,11)/t5-,6+,8-/m0/s1. The lowest BCUT2D eigenvalue weighted by atomic mass is 9.74. The lowest BCUT2D eigenvalue weighted by Crippen LogP contribution is -2.46. The summed E-state index contributed by atoms with van der Waals surface area (Å²) in [6.45, 7) is 0.198. The van der Waals surface area contributed by atoms with Crippen molar-refractivity contribution in [2.75, 3.05) is 6.54 Å². The van der Waals surface area contributed by atoms with Gasteiger partial charge in [0.1, 0.15) is 5.41 Å². The summed E-state index contributed by atoms with van der Waals surface area (Å²) in [6.07, 6.45) is 2.47. The zero-order valence-electron chi connectivity index (χ0n) is 6.82. The van der Waals surface area contributed by atoms with Gasteiger partial charge in [-0.2, -0.15) is 0 Å². The maximum atomic E-state index is 11.0. The van der Waals surface area contributed by atoms with E-state index < -0.39 is 11.4 Å². The molecule has 2 rings (SSSR count). The summed E-state index contributed by atoms with van der Waals surface area (Å²) in [7, 11) is 0. The van der Waals surface area contributed by atoms with E-state index in [2.05, 4.69) is 0 Å². The molecule has 2 saturated heterocycles. The molecule has 4 nitrogen and oxygen atoms in total. The van der Waals surface area contributed by atoms with Crippen LogP contribution in [0.3, 0.4) is 0 Å². The van der Waals surface area contributed by atoms with Crippen LogP contribution in [-0.4, -0.2) is 29.8 Å². The molecule has 68 valence electrons. The zero-order valence-corrected chi connectivity index (χ0v) is 6.82. The molecule has 0 aliphatic carbocycles. The SMILES string of the molecule is NC[C@@]1(C(=O)O)C[C@@H]2CC[C@H]1O2. The van der Waals surface area contributed by atoms with Gasteiger partial charge in [0.15, 0.2) is 0 Å². The van der Waals surface area contributed by atoms with E-state index in [4.69, 9.17) is 15.6 Å². The molecule has 2 fully saturated rings. The number of hydrogen-bond donors (Lipinski definition) is 2. The smallest absolute Gasteiger partial charge is 0.313 e. The number of rotatable bonds is 2. The van der Waals surface area contributed by atoms with Crippen LogP contribution in [0.4, 0.5) is 0 Å². The van der Waals surface area contributed by atoms with Crippen LogP contribution in [0, 0.1) is 5.41 Å². The van der Waals surface area contributed by atoms with Gasteiger partial charge in [-0.05, 0) is 19.3 Å². The Bertz CT molecular complexity index is 218. The average molecular weight is 171 g/mol. The number of nitrogens with two attached hydrogens (primary N) is 1. The summed E-state index contributed by atoms with van der Waals surface area (Å²) in [5, 5.41) is 9.03. The second-order valence-electron chi connectivity index (χ2n) is 3.69. The molecule has 0 aromatic carbocycles. The fourth-order valence-electron chi connectivity index (χ4n) is 2.33. The van der Waals surface area contributed by atoms with Gasteiger partial charge in [-0.15, -0.1) is 0 Å². The number of ether oxygens (including phenoxy) is 1. The van der Waals surface area contributed by atoms with Gasteiger partial charge in [-0.25, -0.2) is 0 Å². The van der Waals surface area contributed by atoms with Crippen molar-refractivity contribution in [3.63, 3.8) is 0 Å². The van der Waals surface area contributed by atoms with Crippen LogP contribution in [0.2, 0.25) is 0 Å². The van der Waals surface area contributed by atoms with Crippen molar-refractivity contribution in [3.05, 3.63) is 0 Å². The van der Waals surface area contributed by atoms with E-state index >= 15 is 0 Å². The van der Waals surface area contributed by atoms with E-state index in [9.17, 15) is 4.79 Å². The molecule has 0 aromatic rings. The van der Waals surface area contributed by atoms with Crippen molar-refractivity contribution < 1.29 is 14.6 Å². The van der Waals surface area contributed by atoms with Crippen LogP contribution in [-0.2, 0) is 9.53 Å². The molecular formula is C8H13NO3. The van der Waals surface area contributed by atoms with Crippen molar-refractivity contribution in [1.82, 2.24) is 0 Å². The fourth-order valence-corrected chi connectivity index (χ4v) is 2.33. The molecule has 2 bridgehead atoms. The molecule has 0 amide bonds. The third-order valence-corrected chi connectivity index (χ3v) is 3.11. The molecule has 0 unspecified atom stereocenters. The summed E-state index contributed by atoms with van der Waals surface area (Å²) in [4.78, 5) is 11.0. The zero-order chi connectivity index (χ0) is 8.77. The third-order valence-electron chi connectivity index (χ3n) is 3.11. The maximum absolute atomic E-state index is 11.0. The first-order valence-corrected chi connectivity index (χ1v) is 4.28. The molecule has 12 heavy (non-hydrogen) atoms. The van der Waals surface area contributed by atoms with Gasteiger partial charge in [0.25, 0.3) is 0 Å². The number of carboxylic acid groups (broad SMARTS) is 1. The van der Waals surface area contributed by atoms with E-state index in [-0.39, 0.29) is 18.8 Å². The summed E-state index contributed by atoms with van der Waals surface area (Å²) in [6, 6.07) is 0. The lowest BCUT2D eigenvalue weighted by molar-refractivity contribution is -0.151. The highest BCUT2D eigenvalue weighted by Crippen LogP contribution is 2.47. The maximum Gasteiger partial charge on any atom is 0.313 e. The molecule has 2 heterocycles. The van der Waals surface area contributed by atoms with E-state index in [1.54, 1.807) is 0 Å². The number of carbonyl (C=O) groups is 1. The van der Waals surface area contributed by atoms with Crippen LogP contribution >= 0.6 is 0 Å². The average Bonchev–Trinajstić information content (AvgIpc) is 2.62. The predicted molar refractivity (Wildman–Crippen MR) is 41.6 cm³/mol. The van der Waals surface area contributed by atoms with Gasteiger partial charge in [-0.1, -0.05) is 0 Å². The van der Waals surface area contributed by atoms with Gasteiger partial charge in [0.2, 0.25) is 0 Å². The molecule has 2 aliphatic rings. The number of fused-ring (bicyclic) bond motifs is 2. The van der Waals surface area contributed by atoms with Crippen LogP contribution < -0.4 is 5.73 Å². The van der Waals surface area contributed by atoms with Crippen LogP contribution in [0.25, 0.3) is 0 Å². The highest BCUT2D eigenvalue weighted by molar-refractivity contribution is 5.76. The minimum atomic E-state index is -0.794. The first-order chi connectivity index (χ1) is 5.69. The van der Waals surface area contributed by atoms with Crippen molar-refractivity contribution in [1.29, 1.82) is 0 Å². The van der Waals surface area contributed by atoms with Crippen LogP contribution in [0.15, 0.2) is 0 Å². The molecule has 2 aliphatic heterocycles. The van der Waals surface area contributed by atoms with Gasteiger partial charge >= 0.3 is 5.97 Å². The molecular weight excluding hydrogens is 158 g/mol. The Morgan fingerprint density at radius 3 is 2.67 bits per heavy atom. The van der Waals surface area contributed by atoms with Crippen molar-refractivity contribution >= 4 is 5.97 Å². The second-order valence-corrected chi connectivity index (χ2v) is 3.69. The van der Waals surface area contributed by atoms with E-state index in [0.29, 0.717) is 6.42 Å². The normalized spacial score (nSPS) is 45.1. The molecule has 3 N–H and O–H groups in total. The van der Waals surface area contributed by atoms with Gasteiger partial charge in [0.05, 0.1) is 12.2 Å². The van der Waals surface area contributed by atoms with E-state index in [1.807, 2.05) is 0 Å². The molecule has 0 spiro atoms. The van der Waals surface area contributed by atoms with Crippen LogP contribution in [0.1, 0.15) is 19.3 Å². The molecule has 0 saturated carbocycles. The highest BCUT2D eigenvalue weighted by atomic mass is 16.5. The summed E-state index contributed by atoms with van der Waals surface area (Å²) in [5.74, 6) is -0.794. The van der Waals surface area contributed by atoms with Crippen LogP contribution in [0.5, 0.6) is 0 Å². The molecule has 0 radical (unpaired) electrons. The minimum Gasteiger partial charge on any atom is -0.481 e. The third kappa shape index (κ3) is 0.820. The first-order valence-electron chi connectivity index (χ1n) is 4.28. The Morgan fingerprint density at radius 2 is 2.42 bits per heavy atom. The summed E-state index contributed by atoms with van der Waals surface area (Å²) in [5.41, 5.74) is 4.72. The van der Waals surface area contributed by atoms with E-state index in [1.165, 1.54) is 0 Å². The lowest BCUT2D eigenvalue weighted by Gasteiger charge is -2.28.